The van der Waals surface area contributed by atoms with Crippen molar-refractivity contribution in [3.05, 3.63) is 99.6 Å². The van der Waals surface area contributed by atoms with Gasteiger partial charge in [0.2, 0.25) is 5.95 Å². The Hall–Kier alpha value is -3.66. The smallest absolute Gasteiger partial charge is 0.351 e. The van der Waals surface area contributed by atoms with Crippen molar-refractivity contribution in [2.75, 3.05) is 11.9 Å². The Morgan fingerprint density at radius 2 is 1.97 bits per heavy atom. The van der Waals surface area contributed by atoms with Gasteiger partial charge in [-0.05, 0) is 42.2 Å². The maximum atomic E-state index is 12.5. The van der Waals surface area contributed by atoms with E-state index >= 15 is 0 Å². The number of hydrogen-bond donors (Lipinski definition) is 2. The van der Waals surface area contributed by atoms with Gasteiger partial charge >= 0.3 is 6.09 Å². The molecule has 1 atom stereocenters. The number of halogens is 2. The second-order valence-corrected chi connectivity index (χ2v) is 9.55. The third-order valence-electron chi connectivity index (χ3n) is 5.98. The molecule has 37 heavy (non-hydrogen) atoms. The predicted molar refractivity (Wildman–Crippen MR) is 142 cm³/mol. The summed E-state index contributed by atoms with van der Waals surface area (Å²) in [5, 5.41) is 12.9. The normalized spacial score (nSPS) is 14.0. The maximum absolute atomic E-state index is 12.5. The Morgan fingerprint density at radius 1 is 1.14 bits per heavy atom. The van der Waals surface area contributed by atoms with Gasteiger partial charge in [-0.1, -0.05) is 59.6 Å². The number of carbonyl (C=O) groups is 1. The number of nitrogens with zero attached hydrogens (tertiary/aromatic N) is 5. The van der Waals surface area contributed by atoms with Gasteiger partial charge < -0.3 is 15.5 Å². The molecule has 2 N–H and O–H groups in total. The van der Waals surface area contributed by atoms with Gasteiger partial charge in [-0.2, -0.15) is 5.10 Å². The van der Waals surface area contributed by atoms with Gasteiger partial charge in [-0.25, -0.2) is 14.8 Å². The fourth-order valence-corrected chi connectivity index (χ4v) is 4.32. The summed E-state index contributed by atoms with van der Waals surface area (Å²) < 4.78 is 1.85. The van der Waals surface area contributed by atoms with Gasteiger partial charge in [-0.3, -0.25) is 4.68 Å². The van der Waals surface area contributed by atoms with Crippen molar-refractivity contribution < 1.29 is 9.63 Å². The third-order valence-corrected chi connectivity index (χ3v) is 6.72. The number of aromatic nitrogens is 4. The van der Waals surface area contributed by atoms with Crippen LogP contribution in [0.15, 0.2) is 67.1 Å². The van der Waals surface area contributed by atoms with Gasteiger partial charge in [0.25, 0.3) is 0 Å². The fourth-order valence-electron chi connectivity index (χ4n) is 4.02. The summed E-state index contributed by atoms with van der Waals surface area (Å²) in [5.41, 5.74) is 4.60. The molecule has 1 aliphatic rings. The van der Waals surface area contributed by atoms with Crippen molar-refractivity contribution in [2.24, 2.45) is 0 Å². The molecule has 1 amide bonds. The molecule has 0 unspecified atom stereocenters. The first kappa shape index (κ1) is 25.0. The van der Waals surface area contributed by atoms with Gasteiger partial charge in [0.15, 0.2) is 0 Å². The molecule has 3 heterocycles. The van der Waals surface area contributed by atoms with E-state index in [9.17, 15) is 4.79 Å². The van der Waals surface area contributed by atoms with Crippen molar-refractivity contribution in [1.82, 2.24) is 30.1 Å². The van der Waals surface area contributed by atoms with Gasteiger partial charge in [-0.15, -0.1) is 5.06 Å². The Kier molecular flexibility index (Phi) is 7.55. The Bertz CT molecular complexity index is 1400. The van der Waals surface area contributed by atoms with Crippen molar-refractivity contribution in [3.63, 3.8) is 0 Å². The van der Waals surface area contributed by atoms with Gasteiger partial charge in [0.05, 0.1) is 46.8 Å². The minimum Gasteiger partial charge on any atom is -0.351 e. The van der Waals surface area contributed by atoms with Crippen molar-refractivity contribution in [3.8, 4) is 0 Å². The molecule has 0 radical (unpaired) electrons. The van der Waals surface area contributed by atoms with Crippen LogP contribution in [0, 0.1) is 0 Å². The Morgan fingerprint density at radius 3 is 2.78 bits per heavy atom. The topological polar surface area (TPSA) is 97.2 Å². The van der Waals surface area contributed by atoms with Crippen molar-refractivity contribution in [1.29, 1.82) is 0 Å². The first-order chi connectivity index (χ1) is 17.9. The SMILES string of the molecule is C[C@@H](NC(=O)ON1CCc2cnc(Nc3cnn(Cc4ccccc4)c3)nc2C1)c1ccc(Cl)c(Cl)c1. The lowest BCUT2D eigenvalue weighted by atomic mass is 10.1. The predicted octanol–water partition coefficient (Wildman–Crippen LogP) is 5.53. The lowest BCUT2D eigenvalue weighted by molar-refractivity contribution is -0.112. The molecule has 9 nitrogen and oxygen atoms in total. The van der Waals surface area contributed by atoms with E-state index in [1.165, 1.54) is 0 Å². The second-order valence-electron chi connectivity index (χ2n) is 8.73. The fraction of sp³-hybridized carbons (Fsp3) is 0.231. The van der Waals surface area contributed by atoms with E-state index < -0.39 is 6.09 Å². The Balaban J connectivity index is 1.17. The molecule has 5 rings (SSSR count). The number of hydrogen-bond acceptors (Lipinski definition) is 7. The number of benzene rings is 2. The van der Waals surface area contributed by atoms with Crippen LogP contribution < -0.4 is 10.6 Å². The van der Waals surface area contributed by atoms with Crippen LogP contribution in [-0.4, -0.2) is 37.4 Å². The van der Waals surface area contributed by atoms with Crippen molar-refractivity contribution >= 4 is 40.9 Å². The van der Waals surface area contributed by atoms with Crippen LogP contribution in [0.2, 0.25) is 10.0 Å². The monoisotopic (exact) mass is 537 g/mol. The third kappa shape index (κ3) is 6.37. The van der Waals surface area contributed by atoms with Crippen molar-refractivity contribution in [2.45, 2.75) is 32.5 Å². The van der Waals surface area contributed by atoms with Gasteiger partial charge in [0, 0.05) is 18.9 Å². The molecule has 0 aliphatic carbocycles. The van der Waals surface area contributed by atoms with Crippen LogP contribution in [0.3, 0.4) is 0 Å². The van der Waals surface area contributed by atoms with Crippen LogP contribution in [0.1, 0.15) is 35.3 Å². The molecule has 0 spiro atoms. The molecule has 2 aromatic carbocycles. The van der Waals surface area contributed by atoms with E-state index in [0.717, 1.165) is 28.1 Å². The molecule has 0 fully saturated rings. The number of amides is 1. The highest BCUT2D eigenvalue weighted by Crippen LogP contribution is 2.26. The van der Waals surface area contributed by atoms with Crippen LogP contribution >= 0.6 is 23.2 Å². The molecule has 0 bridgehead atoms. The largest absolute Gasteiger partial charge is 0.426 e. The summed E-state index contributed by atoms with van der Waals surface area (Å²) in [4.78, 5) is 27.1. The summed E-state index contributed by atoms with van der Waals surface area (Å²) >= 11 is 12.1. The number of hydroxylamine groups is 2. The summed E-state index contributed by atoms with van der Waals surface area (Å²) in [5.74, 6) is 0.456. The first-order valence-electron chi connectivity index (χ1n) is 11.8. The standard InChI is InChI=1S/C26H25Cl2N7O2/c1-17(19-7-8-22(27)23(28)11-19)31-26(36)37-35-10-9-20-12-29-25(33-24(20)16-35)32-21-13-30-34(15-21)14-18-5-3-2-4-6-18/h2-8,11-13,15,17H,9-10,14,16H2,1H3,(H,31,36)(H,29,32,33)/t17-/m1/s1. The zero-order valence-electron chi connectivity index (χ0n) is 20.1. The quantitative estimate of drug-likeness (QED) is 0.319. The molecule has 4 aromatic rings. The highest BCUT2D eigenvalue weighted by molar-refractivity contribution is 6.42. The van der Waals surface area contributed by atoms with E-state index in [1.807, 2.05) is 48.3 Å². The highest BCUT2D eigenvalue weighted by atomic mass is 35.5. The first-order valence-corrected chi connectivity index (χ1v) is 12.5. The molecule has 2 aromatic heterocycles. The summed E-state index contributed by atoms with van der Waals surface area (Å²) in [7, 11) is 0. The molecular formula is C26H25Cl2N7O2. The summed E-state index contributed by atoms with van der Waals surface area (Å²) in [6.07, 6.45) is 5.56. The van der Waals surface area contributed by atoms with Crippen LogP contribution in [0.4, 0.5) is 16.4 Å². The number of rotatable bonds is 7. The molecule has 11 heteroatoms. The average molecular weight is 538 g/mol. The second kappa shape index (κ2) is 11.2. The van der Waals surface area contributed by atoms with E-state index in [1.54, 1.807) is 23.4 Å². The van der Waals surface area contributed by atoms with E-state index in [4.69, 9.17) is 28.0 Å². The average Bonchev–Trinajstić information content (AvgIpc) is 3.32. The number of carbonyl (C=O) groups excluding carboxylic acids is 1. The number of fused-ring (bicyclic) bond motifs is 1. The molecule has 190 valence electrons. The van der Waals surface area contributed by atoms with Crippen LogP contribution in [0.5, 0.6) is 0 Å². The lowest BCUT2D eigenvalue weighted by Crippen LogP contribution is -2.38. The lowest BCUT2D eigenvalue weighted by Gasteiger charge is -2.27. The van der Waals surface area contributed by atoms with E-state index in [0.29, 0.717) is 42.0 Å². The zero-order chi connectivity index (χ0) is 25.8. The molecule has 0 saturated carbocycles. The highest BCUT2D eigenvalue weighted by Gasteiger charge is 2.23. The number of anilines is 2. The molecular weight excluding hydrogens is 513 g/mol. The number of nitrogens with one attached hydrogen (secondary N) is 2. The summed E-state index contributed by atoms with van der Waals surface area (Å²) in [6.45, 7) is 3.42. The minimum atomic E-state index is -0.555. The Labute approximate surface area is 224 Å². The molecule has 0 saturated heterocycles. The molecule has 1 aliphatic heterocycles. The zero-order valence-corrected chi connectivity index (χ0v) is 21.6. The van der Waals surface area contributed by atoms with E-state index in [2.05, 4.69) is 37.8 Å². The maximum Gasteiger partial charge on any atom is 0.426 e. The minimum absolute atomic E-state index is 0.305. The van der Waals surface area contributed by atoms with Crippen LogP contribution in [0.25, 0.3) is 0 Å². The van der Waals surface area contributed by atoms with E-state index in [-0.39, 0.29) is 6.04 Å². The summed E-state index contributed by atoms with van der Waals surface area (Å²) in [6, 6.07) is 15.1. The van der Waals surface area contributed by atoms with Crippen LogP contribution in [-0.2, 0) is 24.3 Å². The van der Waals surface area contributed by atoms with Gasteiger partial charge in [0.1, 0.15) is 0 Å².